The number of benzene rings is 1. The molecule has 3 rings (SSSR count). The van der Waals surface area contributed by atoms with E-state index in [9.17, 15) is 9.59 Å². The van der Waals surface area contributed by atoms with Gasteiger partial charge in [0.25, 0.3) is 5.56 Å². The van der Waals surface area contributed by atoms with Crippen LogP contribution in [0.2, 0.25) is 0 Å². The molecule has 19 heavy (non-hydrogen) atoms. The summed E-state index contributed by atoms with van der Waals surface area (Å²) in [4.78, 5) is 30.0. The number of rotatable bonds is 2. The molecule has 0 aliphatic heterocycles. The maximum absolute atomic E-state index is 11.9. The molecule has 0 saturated carbocycles. The maximum Gasteiger partial charge on any atom is 0.335 e. The van der Waals surface area contributed by atoms with Crippen LogP contribution in [0, 0.1) is 0 Å². The molecule has 2 N–H and O–H groups in total. The fourth-order valence-corrected chi connectivity index (χ4v) is 2.38. The predicted molar refractivity (Wildman–Crippen MR) is 69.3 cm³/mol. The standard InChI is InChI=1S/C14H12N2O3/c17-13-10-5-2-6-11(10)15-12(16-13)8-3-1-4-9(7-8)14(18)19/h1,3-4,7H,2,5-6H2,(H,18,19)(H,15,16,17). The van der Waals surface area contributed by atoms with E-state index < -0.39 is 5.97 Å². The average molecular weight is 256 g/mol. The highest BCUT2D eigenvalue weighted by Gasteiger charge is 2.17. The highest BCUT2D eigenvalue weighted by molar-refractivity contribution is 5.89. The summed E-state index contributed by atoms with van der Waals surface area (Å²) in [6.07, 6.45) is 2.53. The molecular formula is C14H12N2O3. The van der Waals surface area contributed by atoms with Crippen LogP contribution in [-0.2, 0) is 12.8 Å². The van der Waals surface area contributed by atoms with Gasteiger partial charge < -0.3 is 10.1 Å². The van der Waals surface area contributed by atoms with E-state index in [1.165, 1.54) is 12.1 Å². The van der Waals surface area contributed by atoms with Crippen molar-refractivity contribution in [2.24, 2.45) is 0 Å². The van der Waals surface area contributed by atoms with Crippen molar-refractivity contribution in [1.82, 2.24) is 9.97 Å². The number of carbonyl (C=O) groups is 1. The minimum absolute atomic E-state index is 0.113. The van der Waals surface area contributed by atoms with Crippen molar-refractivity contribution in [3.63, 3.8) is 0 Å². The van der Waals surface area contributed by atoms with Crippen LogP contribution in [0.5, 0.6) is 0 Å². The maximum atomic E-state index is 11.9. The molecule has 1 aliphatic carbocycles. The van der Waals surface area contributed by atoms with Gasteiger partial charge in [-0.3, -0.25) is 4.79 Å². The molecule has 1 aromatic carbocycles. The number of hydrogen-bond acceptors (Lipinski definition) is 3. The number of fused-ring (bicyclic) bond motifs is 1. The lowest BCUT2D eigenvalue weighted by Crippen LogP contribution is -2.15. The van der Waals surface area contributed by atoms with E-state index in [1.54, 1.807) is 12.1 Å². The second-order valence-electron chi connectivity index (χ2n) is 4.58. The number of carboxylic acids is 1. The summed E-state index contributed by atoms with van der Waals surface area (Å²) in [5.41, 5.74) is 2.28. The third-order valence-electron chi connectivity index (χ3n) is 3.32. The Morgan fingerprint density at radius 1 is 1.32 bits per heavy atom. The van der Waals surface area contributed by atoms with Crippen molar-refractivity contribution in [2.45, 2.75) is 19.3 Å². The predicted octanol–water partition coefficient (Wildman–Crippen LogP) is 1.62. The van der Waals surface area contributed by atoms with Gasteiger partial charge in [0.05, 0.1) is 11.3 Å². The van der Waals surface area contributed by atoms with Crippen molar-refractivity contribution in [3.8, 4) is 11.4 Å². The number of nitrogens with zero attached hydrogens (tertiary/aromatic N) is 1. The molecule has 0 fully saturated rings. The van der Waals surface area contributed by atoms with Crippen LogP contribution in [0.15, 0.2) is 29.1 Å². The Labute approximate surface area is 108 Å². The summed E-state index contributed by atoms with van der Waals surface area (Å²) in [6.45, 7) is 0. The van der Waals surface area contributed by atoms with Gasteiger partial charge in [-0.05, 0) is 31.4 Å². The molecule has 0 atom stereocenters. The summed E-state index contributed by atoms with van der Waals surface area (Å²) in [5.74, 6) is -0.556. The molecule has 1 heterocycles. The lowest BCUT2D eigenvalue weighted by atomic mass is 10.1. The fraction of sp³-hybridized carbons (Fsp3) is 0.214. The van der Waals surface area contributed by atoms with Crippen molar-refractivity contribution in [2.75, 3.05) is 0 Å². The van der Waals surface area contributed by atoms with Crippen LogP contribution in [0.1, 0.15) is 28.0 Å². The first-order valence-corrected chi connectivity index (χ1v) is 6.11. The first kappa shape index (κ1) is 11.6. The number of aromatic carboxylic acids is 1. The van der Waals surface area contributed by atoms with Crippen molar-refractivity contribution in [1.29, 1.82) is 0 Å². The largest absolute Gasteiger partial charge is 0.478 e. The molecular weight excluding hydrogens is 244 g/mol. The molecule has 1 aliphatic rings. The first-order chi connectivity index (χ1) is 9.15. The summed E-state index contributed by atoms with van der Waals surface area (Å²) in [7, 11) is 0. The van der Waals surface area contributed by atoms with Crippen LogP contribution in [0.4, 0.5) is 0 Å². The zero-order valence-corrected chi connectivity index (χ0v) is 10.1. The van der Waals surface area contributed by atoms with E-state index in [0.29, 0.717) is 11.4 Å². The van der Waals surface area contributed by atoms with E-state index in [2.05, 4.69) is 9.97 Å². The van der Waals surface area contributed by atoms with E-state index in [4.69, 9.17) is 5.11 Å². The number of aromatic amines is 1. The monoisotopic (exact) mass is 256 g/mol. The van der Waals surface area contributed by atoms with Gasteiger partial charge in [-0.15, -0.1) is 0 Å². The first-order valence-electron chi connectivity index (χ1n) is 6.11. The highest BCUT2D eigenvalue weighted by Crippen LogP contribution is 2.20. The van der Waals surface area contributed by atoms with Gasteiger partial charge in [-0.1, -0.05) is 12.1 Å². The molecule has 5 heteroatoms. The van der Waals surface area contributed by atoms with Crippen LogP contribution in [0.3, 0.4) is 0 Å². The molecule has 0 saturated heterocycles. The van der Waals surface area contributed by atoms with Gasteiger partial charge in [0.1, 0.15) is 5.82 Å². The van der Waals surface area contributed by atoms with E-state index in [0.717, 1.165) is 30.5 Å². The molecule has 0 amide bonds. The van der Waals surface area contributed by atoms with E-state index in [-0.39, 0.29) is 11.1 Å². The Morgan fingerprint density at radius 3 is 2.95 bits per heavy atom. The number of H-pyrrole nitrogens is 1. The zero-order chi connectivity index (χ0) is 13.4. The van der Waals surface area contributed by atoms with Crippen LogP contribution in [0.25, 0.3) is 11.4 Å². The summed E-state index contributed by atoms with van der Waals surface area (Å²) < 4.78 is 0. The summed E-state index contributed by atoms with van der Waals surface area (Å²) in [6, 6.07) is 6.41. The Balaban J connectivity index is 2.12. The van der Waals surface area contributed by atoms with E-state index in [1.807, 2.05) is 0 Å². The lowest BCUT2D eigenvalue weighted by molar-refractivity contribution is 0.0697. The van der Waals surface area contributed by atoms with Crippen molar-refractivity contribution >= 4 is 5.97 Å². The van der Waals surface area contributed by atoms with Gasteiger partial charge in [0, 0.05) is 11.1 Å². The molecule has 0 unspecified atom stereocenters. The molecule has 0 radical (unpaired) electrons. The molecule has 0 spiro atoms. The van der Waals surface area contributed by atoms with Crippen LogP contribution >= 0.6 is 0 Å². The van der Waals surface area contributed by atoms with E-state index >= 15 is 0 Å². The van der Waals surface area contributed by atoms with Crippen LogP contribution < -0.4 is 5.56 Å². The molecule has 2 aromatic rings. The minimum atomic E-state index is -0.995. The normalized spacial score (nSPS) is 13.3. The lowest BCUT2D eigenvalue weighted by Gasteiger charge is -2.05. The Bertz CT molecular complexity index is 719. The smallest absolute Gasteiger partial charge is 0.335 e. The van der Waals surface area contributed by atoms with Gasteiger partial charge >= 0.3 is 5.97 Å². The number of nitrogens with one attached hydrogen (secondary N) is 1. The third kappa shape index (κ3) is 2.03. The summed E-state index contributed by atoms with van der Waals surface area (Å²) in [5, 5.41) is 8.97. The van der Waals surface area contributed by atoms with Crippen molar-refractivity contribution < 1.29 is 9.90 Å². The molecule has 5 nitrogen and oxygen atoms in total. The highest BCUT2D eigenvalue weighted by atomic mass is 16.4. The SMILES string of the molecule is O=C(O)c1cccc(-c2nc3c(c(=O)[nH]2)CCC3)c1. The Kier molecular flexibility index (Phi) is 2.67. The van der Waals surface area contributed by atoms with Crippen LogP contribution in [-0.4, -0.2) is 21.0 Å². The van der Waals surface area contributed by atoms with Gasteiger partial charge in [-0.2, -0.15) is 0 Å². The minimum Gasteiger partial charge on any atom is -0.478 e. The average Bonchev–Trinajstić information content (AvgIpc) is 2.87. The quantitative estimate of drug-likeness (QED) is 0.855. The number of hydrogen-bond donors (Lipinski definition) is 2. The van der Waals surface area contributed by atoms with Gasteiger partial charge in [0.15, 0.2) is 0 Å². The van der Waals surface area contributed by atoms with Gasteiger partial charge in [-0.25, -0.2) is 9.78 Å². The number of aromatic nitrogens is 2. The Morgan fingerprint density at radius 2 is 2.16 bits per heavy atom. The molecule has 96 valence electrons. The van der Waals surface area contributed by atoms with Gasteiger partial charge in [0.2, 0.25) is 0 Å². The third-order valence-corrected chi connectivity index (χ3v) is 3.32. The zero-order valence-electron chi connectivity index (χ0n) is 10.1. The second kappa shape index (κ2) is 4.35. The number of carboxylic acid groups (broad SMARTS) is 1. The molecule has 0 bridgehead atoms. The van der Waals surface area contributed by atoms with Crippen molar-refractivity contribution in [3.05, 3.63) is 51.4 Å². The second-order valence-corrected chi connectivity index (χ2v) is 4.58. The summed E-state index contributed by atoms with van der Waals surface area (Å²) >= 11 is 0. The fourth-order valence-electron chi connectivity index (χ4n) is 2.38. The molecule has 1 aromatic heterocycles. The Hall–Kier alpha value is -2.43. The number of aryl methyl sites for hydroxylation is 1. The topological polar surface area (TPSA) is 83.0 Å².